The average molecular weight is 372 g/mol. The molecule has 1 unspecified atom stereocenters. The van der Waals surface area contributed by atoms with Crippen LogP contribution in [0.2, 0.25) is 0 Å². The number of hydrogen-bond acceptors (Lipinski definition) is 4. The molecule has 1 saturated heterocycles. The van der Waals surface area contributed by atoms with Crippen LogP contribution in [-0.2, 0) is 19.4 Å². The average Bonchev–Trinajstić information content (AvgIpc) is 2.53. The Morgan fingerprint density at radius 3 is 2.32 bits per heavy atom. The van der Waals surface area contributed by atoms with Crippen molar-refractivity contribution >= 4 is 27.7 Å². The first-order valence-corrected chi connectivity index (χ1v) is 9.43. The first kappa shape index (κ1) is 19.0. The Morgan fingerprint density at radius 1 is 1.20 bits per heavy atom. The molecule has 1 aromatic rings. The largest absolute Gasteiger partial charge is 0.341 e. The van der Waals surface area contributed by atoms with Gasteiger partial charge in [-0.05, 0) is 25.1 Å². The van der Waals surface area contributed by atoms with Crippen molar-refractivity contribution in [3.05, 3.63) is 41.5 Å². The lowest BCUT2D eigenvalue weighted by Crippen LogP contribution is -2.51. The number of halogens is 2. The van der Waals surface area contributed by atoms with Crippen LogP contribution in [0.5, 0.6) is 0 Å². The van der Waals surface area contributed by atoms with Crippen LogP contribution in [0.25, 0.3) is 6.08 Å². The van der Waals surface area contributed by atoms with Crippen molar-refractivity contribution < 1.29 is 26.8 Å². The second-order valence-electron chi connectivity index (χ2n) is 5.68. The van der Waals surface area contributed by atoms with Crippen molar-refractivity contribution in [2.75, 3.05) is 24.6 Å². The van der Waals surface area contributed by atoms with E-state index >= 15 is 0 Å². The van der Waals surface area contributed by atoms with Gasteiger partial charge in [0.1, 0.15) is 17.7 Å². The van der Waals surface area contributed by atoms with E-state index in [0.29, 0.717) is 0 Å². The SMILES string of the molecule is CC(NC(=O)C=Cc1c(F)cccc1F)C(=O)N1CCS(=O)(=O)CC1. The van der Waals surface area contributed by atoms with Crippen LogP contribution in [0.1, 0.15) is 12.5 Å². The molecule has 1 heterocycles. The second-order valence-corrected chi connectivity index (χ2v) is 7.98. The van der Waals surface area contributed by atoms with Crippen molar-refractivity contribution in [3.63, 3.8) is 0 Å². The maximum atomic E-state index is 13.5. The Morgan fingerprint density at radius 2 is 1.76 bits per heavy atom. The molecule has 136 valence electrons. The highest BCUT2D eigenvalue weighted by Crippen LogP contribution is 2.13. The Hall–Kier alpha value is -2.29. The van der Waals surface area contributed by atoms with Crippen molar-refractivity contribution in [2.45, 2.75) is 13.0 Å². The number of sulfone groups is 1. The van der Waals surface area contributed by atoms with Crippen LogP contribution in [0.15, 0.2) is 24.3 Å². The van der Waals surface area contributed by atoms with E-state index in [1.807, 2.05) is 0 Å². The summed E-state index contributed by atoms with van der Waals surface area (Å²) in [5.74, 6) is -2.91. The van der Waals surface area contributed by atoms with Crippen LogP contribution in [0.3, 0.4) is 0 Å². The van der Waals surface area contributed by atoms with Gasteiger partial charge in [0, 0.05) is 24.7 Å². The molecule has 0 spiro atoms. The molecule has 0 radical (unpaired) electrons. The summed E-state index contributed by atoms with van der Waals surface area (Å²) in [5.41, 5.74) is -0.349. The van der Waals surface area contributed by atoms with Gasteiger partial charge in [-0.25, -0.2) is 17.2 Å². The molecular formula is C16H18F2N2O4S. The molecule has 1 aliphatic rings. The van der Waals surface area contributed by atoms with Crippen molar-refractivity contribution in [3.8, 4) is 0 Å². The summed E-state index contributed by atoms with van der Waals surface area (Å²) in [6, 6.07) is 2.46. The summed E-state index contributed by atoms with van der Waals surface area (Å²) in [6.07, 6.45) is 1.93. The van der Waals surface area contributed by atoms with Crippen molar-refractivity contribution in [1.82, 2.24) is 10.2 Å². The third-order valence-corrected chi connectivity index (χ3v) is 5.40. The highest BCUT2D eigenvalue weighted by Gasteiger charge is 2.28. The molecule has 6 nitrogen and oxygen atoms in total. The Kier molecular flexibility index (Phi) is 5.89. The fourth-order valence-electron chi connectivity index (χ4n) is 2.36. The lowest BCUT2D eigenvalue weighted by molar-refractivity contribution is -0.134. The zero-order chi connectivity index (χ0) is 18.6. The molecule has 1 fully saturated rings. The molecule has 0 bridgehead atoms. The van der Waals surface area contributed by atoms with Gasteiger partial charge in [-0.3, -0.25) is 9.59 Å². The van der Waals surface area contributed by atoms with E-state index in [2.05, 4.69) is 5.32 Å². The van der Waals surface area contributed by atoms with Gasteiger partial charge < -0.3 is 10.2 Å². The van der Waals surface area contributed by atoms with E-state index in [1.54, 1.807) is 0 Å². The molecule has 0 aromatic heterocycles. The molecule has 25 heavy (non-hydrogen) atoms. The van der Waals surface area contributed by atoms with Gasteiger partial charge in [-0.1, -0.05) is 6.07 Å². The van der Waals surface area contributed by atoms with Gasteiger partial charge >= 0.3 is 0 Å². The molecule has 1 N–H and O–H groups in total. The monoisotopic (exact) mass is 372 g/mol. The van der Waals surface area contributed by atoms with Gasteiger partial charge in [-0.15, -0.1) is 0 Å². The Labute approximate surface area is 144 Å². The maximum absolute atomic E-state index is 13.5. The normalized spacial score (nSPS) is 18.1. The topological polar surface area (TPSA) is 83.6 Å². The third kappa shape index (κ3) is 5.09. The van der Waals surface area contributed by atoms with Crippen LogP contribution in [0, 0.1) is 11.6 Å². The number of benzene rings is 1. The summed E-state index contributed by atoms with van der Waals surface area (Å²) in [4.78, 5) is 25.4. The first-order valence-electron chi connectivity index (χ1n) is 7.61. The van der Waals surface area contributed by atoms with Crippen LogP contribution in [0.4, 0.5) is 8.78 Å². The van der Waals surface area contributed by atoms with Crippen molar-refractivity contribution in [2.24, 2.45) is 0 Å². The van der Waals surface area contributed by atoms with Crippen LogP contribution >= 0.6 is 0 Å². The molecule has 1 atom stereocenters. The summed E-state index contributed by atoms with van der Waals surface area (Å²) >= 11 is 0. The number of nitrogens with one attached hydrogen (secondary N) is 1. The third-order valence-electron chi connectivity index (χ3n) is 3.79. The molecule has 1 aromatic carbocycles. The summed E-state index contributed by atoms with van der Waals surface area (Å²) in [5, 5.41) is 2.40. The fraction of sp³-hybridized carbons (Fsp3) is 0.375. The molecular weight excluding hydrogens is 354 g/mol. The molecule has 1 aliphatic heterocycles. The molecule has 0 aliphatic carbocycles. The predicted molar refractivity (Wildman–Crippen MR) is 88.2 cm³/mol. The highest BCUT2D eigenvalue weighted by molar-refractivity contribution is 7.91. The summed E-state index contributed by atoms with van der Waals surface area (Å²) in [6.45, 7) is 1.62. The van der Waals surface area contributed by atoms with E-state index in [0.717, 1.165) is 24.3 Å². The van der Waals surface area contributed by atoms with Gasteiger partial charge in [0.05, 0.1) is 11.5 Å². The fourth-order valence-corrected chi connectivity index (χ4v) is 3.56. The number of carbonyl (C=O) groups excluding carboxylic acids is 2. The minimum absolute atomic E-state index is 0.0810. The molecule has 0 saturated carbocycles. The number of carbonyl (C=O) groups is 2. The smallest absolute Gasteiger partial charge is 0.244 e. The molecule has 2 amide bonds. The van der Waals surface area contributed by atoms with Gasteiger partial charge in [-0.2, -0.15) is 0 Å². The van der Waals surface area contributed by atoms with Gasteiger partial charge in [0.15, 0.2) is 9.84 Å². The quantitative estimate of drug-likeness (QED) is 0.791. The Balaban J connectivity index is 1.94. The summed E-state index contributed by atoms with van der Waals surface area (Å²) in [7, 11) is -3.11. The van der Waals surface area contributed by atoms with Crippen LogP contribution in [-0.4, -0.2) is 55.8 Å². The minimum atomic E-state index is -3.11. The first-order chi connectivity index (χ1) is 11.7. The van der Waals surface area contributed by atoms with Crippen molar-refractivity contribution in [1.29, 1.82) is 0 Å². The Bertz CT molecular complexity index is 774. The highest BCUT2D eigenvalue weighted by atomic mass is 32.2. The summed E-state index contributed by atoms with van der Waals surface area (Å²) < 4.78 is 49.7. The predicted octanol–water partition coefficient (Wildman–Crippen LogP) is 0.740. The lowest BCUT2D eigenvalue weighted by atomic mass is 10.2. The standard InChI is InChI=1S/C16H18F2N2O4S/c1-11(16(22)20-7-9-25(23,24)10-8-20)19-15(21)6-5-12-13(17)3-2-4-14(12)18/h2-6,11H,7-10H2,1H3,(H,19,21). The number of rotatable bonds is 4. The van der Waals surface area contributed by atoms with Gasteiger partial charge in [0.25, 0.3) is 0 Å². The van der Waals surface area contributed by atoms with E-state index < -0.39 is 39.3 Å². The number of nitrogens with zero attached hydrogens (tertiary/aromatic N) is 1. The van der Waals surface area contributed by atoms with E-state index in [4.69, 9.17) is 0 Å². The molecule has 9 heteroatoms. The zero-order valence-corrected chi connectivity index (χ0v) is 14.4. The minimum Gasteiger partial charge on any atom is -0.341 e. The maximum Gasteiger partial charge on any atom is 0.244 e. The van der Waals surface area contributed by atoms with E-state index in [9.17, 15) is 26.8 Å². The zero-order valence-electron chi connectivity index (χ0n) is 13.5. The number of hydrogen-bond donors (Lipinski definition) is 1. The van der Waals surface area contributed by atoms with E-state index in [1.165, 1.54) is 17.9 Å². The van der Waals surface area contributed by atoms with E-state index in [-0.39, 0.29) is 30.2 Å². The van der Waals surface area contributed by atoms with Crippen LogP contribution < -0.4 is 5.32 Å². The lowest BCUT2D eigenvalue weighted by Gasteiger charge is -2.29. The second kappa shape index (κ2) is 7.73. The van der Waals surface area contributed by atoms with Gasteiger partial charge in [0.2, 0.25) is 11.8 Å². The number of amides is 2. The molecule has 2 rings (SSSR count).